The largest absolute Gasteiger partial charge is 0.444 e. The first-order chi connectivity index (χ1) is 29.0. The zero-order chi connectivity index (χ0) is 44.8. The minimum atomic E-state index is -1.26. The summed E-state index contributed by atoms with van der Waals surface area (Å²) in [4.78, 5) is 41.7. The van der Waals surface area contributed by atoms with Gasteiger partial charge in [-0.2, -0.15) is 0 Å². The van der Waals surface area contributed by atoms with E-state index in [2.05, 4.69) is 90.1 Å². The maximum absolute atomic E-state index is 13.4. The number of hydrogen-bond acceptors (Lipinski definition) is 9. The highest BCUT2D eigenvalue weighted by molar-refractivity contribution is 7.23. The second kappa shape index (κ2) is 18.1. The molecule has 0 bridgehead atoms. The minimum Gasteiger partial charge on any atom is -0.444 e. The van der Waals surface area contributed by atoms with Crippen LogP contribution in [-0.2, 0) is 32.4 Å². The number of aromatic nitrogens is 4. The lowest BCUT2D eigenvalue weighted by atomic mass is 10.2. The highest BCUT2D eigenvalue weighted by Crippen LogP contribution is 2.42. The molecule has 0 saturated carbocycles. The summed E-state index contributed by atoms with van der Waals surface area (Å²) in [7, 11) is -2.52. The first kappa shape index (κ1) is 46.4. The Balaban J connectivity index is 1.17. The number of ether oxygens (including phenoxy) is 4. The predicted octanol–water partition coefficient (Wildman–Crippen LogP) is 12.0. The number of fused-ring (bicyclic) bond motifs is 2. The van der Waals surface area contributed by atoms with Crippen molar-refractivity contribution in [3.8, 4) is 21.1 Å². The number of carbonyl (C=O) groups excluding carboxylic acids is 2. The fourth-order valence-corrected chi connectivity index (χ4v) is 11.6. The summed E-state index contributed by atoms with van der Waals surface area (Å²) in [6.07, 6.45) is 7.16. The van der Waals surface area contributed by atoms with Crippen molar-refractivity contribution in [2.75, 3.05) is 26.3 Å². The summed E-state index contributed by atoms with van der Waals surface area (Å²) in [5.41, 5.74) is 0.746. The van der Waals surface area contributed by atoms with Crippen molar-refractivity contribution < 1.29 is 33.1 Å². The van der Waals surface area contributed by atoms with Gasteiger partial charge in [0, 0.05) is 58.0 Å². The number of carbonyl (C=O) groups is 2. The van der Waals surface area contributed by atoms with Crippen molar-refractivity contribution >= 4 is 71.2 Å². The van der Waals surface area contributed by atoms with E-state index in [1.165, 1.54) is 20.2 Å². The highest BCUT2D eigenvalue weighted by Gasteiger charge is 2.40. The van der Waals surface area contributed by atoms with Crippen LogP contribution in [0.1, 0.15) is 91.0 Å². The second-order valence-electron chi connectivity index (χ2n) is 21.5. The van der Waals surface area contributed by atoms with E-state index in [4.69, 9.17) is 23.9 Å². The third-order valence-electron chi connectivity index (χ3n) is 11.2. The van der Waals surface area contributed by atoms with Gasteiger partial charge in [0.05, 0.1) is 21.5 Å². The van der Waals surface area contributed by atoms with Crippen LogP contribution in [0.5, 0.6) is 0 Å². The molecule has 2 amide bonds. The molecule has 12 nitrogen and oxygen atoms in total. The van der Waals surface area contributed by atoms with Gasteiger partial charge in [0.1, 0.15) is 36.0 Å². The lowest BCUT2D eigenvalue weighted by molar-refractivity contribution is -0.739. The number of benzene rings is 1. The van der Waals surface area contributed by atoms with Gasteiger partial charge in [-0.3, -0.25) is 9.80 Å². The average Bonchev–Trinajstić information content (AvgIpc) is 3.98. The summed E-state index contributed by atoms with van der Waals surface area (Å²) in [5.74, 6) is 1.81. The molecule has 16 heteroatoms. The Kier molecular flexibility index (Phi) is 13.6. The van der Waals surface area contributed by atoms with E-state index in [9.17, 15) is 9.59 Å². The van der Waals surface area contributed by atoms with Crippen molar-refractivity contribution in [2.45, 2.75) is 155 Å². The van der Waals surface area contributed by atoms with Crippen molar-refractivity contribution in [3.05, 3.63) is 48.3 Å². The summed E-state index contributed by atoms with van der Waals surface area (Å²) < 4.78 is 30.9. The van der Waals surface area contributed by atoms with E-state index >= 15 is 0 Å². The van der Waals surface area contributed by atoms with E-state index < -0.39 is 27.3 Å². The van der Waals surface area contributed by atoms with Crippen LogP contribution in [0, 0.1) is 0 Å². The molecular formula is C46H69N6O6S2Si2+. The summed E-state index contributed by atoms with van der Waals surface area (Å²) in [6, 6.07) is 10.9. The molecule has 7 rings (SSSR count). The molecule has 2 aliphatic heterocycles. The predicted molar refractivity (Wildman–Crippen MR) is 256 cm³/mol. The maximum Gasteiger partial charge on any atom is 0.411 e. The Morgan fingerprint density at radius 1 is 0.774 bits per heavy atom. The van der Waals surface area contributed by atoms with Crippen LogP contribution in [0.2, 0.25) is 51.4 Å². The number of rotatable bonds is 14. The molecule has 2 fully saturated rings. The number of thiophene rings is 2. The minimum absolute atomic E-state index is 0.132. The van der Waals surface area contributed by atoms with Crippen LogP contribution in [0.15, 0.2) is 36.7 Å². The first-order valence-corrected chi connectivity index (χ1v) is 31.4. The van der Waals surface area contributed by atoms with E-state index in [1.807, 2.05) is 51.3 Å². The van der Waals surface area contributed by atoms with E-state index in [-0.39, 0.29) is 24.3 Å². The molecule has 0 unspecified atom stereocenters. The van der Waals surface area contributed by atoms with Gasteiger partial charge in [-0.15, -0.1) is 22.7 Å². The van der Waals surface area contributed by atoms with E-state index in [0.717, 1.165) is 70.6 Å². The zero-order valence-corrected chi connectivity index (χ0v) is 42.7. The summed E-state index contributed by atoms with van der Waals surface area (Å²) in [5, 5.41) is 2.35. The molecule has 2 atom stereocenters. The van der Waals surface area contributed by atoms with Gasteiger partial charge < -0.3 is 23.5 Å². The Bertz CT molecular complexity index is 2160. The van der Waals surface area contributed by atoms with Gasteiger partial charge in [0.25, 0.3) is 5.82 Å². The van der Waals surface area contributed by atoms with Crippen LogP contribution in [0.3, 0.4) is 0 Å². The molecule has 2 aliphatic rings. The number of nitrogens with one attached hydrogen (secondary N) is 1. The Labute approximate surface area is 377 Å². The molecular weight excluding hydrogens is 853 g/mol. The third kappa shape index (κ3) is 11.6. The molecule has 1 aromatic carbocycles. The molecule has 0 aliphatic carbocycles. The number of H-pyrrole nitrogens is 1. The fraction of sp³-hybridized carbons (Fsp3) is 0.609. The molecule has 6 heterocycles. The first-order valence-electron chi connectivity index (χ1n) is 22.3. The molecule has 4 aromatic heterocycles. The van der Waals surface area contributed by atoms with Gasteiger partial charge in [-0.05, 0) is 114 Å². The Hall–Kier alpha value is -3.55. The zero-order valence-electron chi connectivity index (χ0n) is 39.1. The third-order valence-corrected chi connectivity index (χ3v) is 16.8. The van der Waals surface area contributed by atoms with Gasteiger partial charge in [-0.25, -0.2) is 24.1 Å². The van der Waals surface area contributed by atoms with Crippen molar-refractivity contribution in [1.82, 2.24) is 24.3 Å². The Morgan fingerprint density at radius 2 is 1.31 bits per heavy atom. The number of amides is 2. The van der Waals surface area contributed by atoms with Crippen LogP contribution >= 0.6 is 22.7 Å². The second-order valence-corrected chi connectivity index (χ2v) is 34.9. The summed E-state index contributed by atoms with van der Waals surface area (Å²) in [6.45, 7) is 29.2. The van der Waals surface area contributed by atoms with Crippen LogP contribution in [0.4, 0.5) is 9.59 Å². The average molecular weight is 922 g/mol. The van der Waals surface area contributed by atoms with Crippen LogP contribution in [0.25, 0.3) is 41.3 Å². The fourth-order valence-electron chi connectivity index (χ4n) is 7.97. The maximum atomic E-state index is 13.4. The smallest absolute Gasteiger partial charge is 0.411 e. The number of nitrogens with zero attached hydrogens (tertiary/aromatic N) is 5. The van der Waals surface area contributed by atoms with Gasteiger partial charge in [0.2, 0.25) is 0 Å². The summed E-state index contributed by atoms with van der Waals surface area (Å²) >= 11 is 3.50. The number of likely N-dealkylation sites (tertiary alicyclic amines) is 2. The number of hydrogen-bond donors (Lipinski definition) is 1. The van der Waals surface area contributed by atoms with Crippen LogP contribution < -0.4 is 4.57 Å². The Morgan fingerprint density at radius 3 is 1.89 bits per heavy atom. The number of aromatic amines is 1. The lowest BCUT2D eigenvalue weighted by Gasteiger charge is -2.28. The quantitative estimate of drug-likeness (QED) is 0.0670. The molecule has 2 saturated heterocycles. The number of imidazole rings is 2. The van der Waals surface area contributed by atoms with E-state index in [1.54, 1.807) is 22.7 Å². The van der Waals surface area contributed by atoms with E-state index in [0.29, 0.717) is 39.8 Å². The lowest BCUT2D eigenvalue weighted by Crippen LogP contribution is -2.44. The SMILES string of the molecule is CC(C)(C)OC(=O)N1CCC[C@H]1c1nc(-c2cc3cc4sc(-c5c[n+](COCC[Si](C)(C)C)c([C@@H]6CCCN6C(=O)OC(C)(C)C)[nH]5)cc4cc3s2)cn1COCC[Si](C)(C)C. The van der Waals surface area contributed by atoms with Gasteiger partial charge in [0.15, 0.2) is 12.4 Å². The van der Waals surface area contributed by atoms with Crippen LogP contribution in [-0.4, -0.2) is 90.2 Å². The van der Waals surface area contributed by atoms with Gasteiger partial charge in [-0.1, -0.05) is 39.3 Å². The molecule has 0 spiro atoms. The highest BCUT2D eigenvalue weighted by atomic mass is 32.1. The molecule has 1 N–H and O–H groups in total. The normalized spacial score (nSPS) is 17.9. The molecule has 338 valence electrons. The van der Waals surface area contributed by atoms with Crippen molar-refractivity contribution in [2.24, 2.45) is 0 Å². The van der Waals surface area contributed by atoms with Crippen molar-refractivity contribution in [1.29, 1.82) is 0 Å². The molecule has 0 radical (unpaired) electrons. The monoisotopic (exact) mass is 921 g/mol. The van der Waals surface area contributed by atoms with Gasteiger partial charge >= 0.3 is 12.2 Å². The standard InChI is InChI=1S/C46H68N6O6S2Si2/c1-45(2,3)57-43(53)51-17-13-15-35(51)41-47-33(27-49(41)29-55-19-21-61(7,8)9)39-25-31-23-38-32(24-37(31)59-39)26-40(60-38)34-28-50(30-56-20-22-62(10,11)12)42(48-34)36-16-14-18-52(36)44(54)58-46(4,5)6/h23-28,35-36H,13-22,29-30H2,1-12H3/p+1/t35-,36-/m0/s1. The molecule has 5 aromatic rings. The molecule has 62 heavy (non-hydrogen) atoms. The topological polar surface area (TPSA) is 115 Å². The van der Waals surface area contributed by atoms with Crippen molar-refractivity contribution in [3.63, 3.8) is 0 Å².